The van der Waals surface area contributed by atoms with Crippen LogP contribution in [-0.4, -0.2) is 35.1 Å². The summed E-state index contributed by atoms with van der Waals surface area (Å²) < 4.78 is 13.3. The summed E-state index contributed by atoms with van der Waals surface area (Å²) in [6.07, 6.45) is 6.31. The van der Waals surface area contributed by atoms with Crippen molar-refractivity contribution in [2.45, 2.75) is 44.2 Å². The first-order valence-electron chi connectivity index (χ1n) is 7.95. The molecule has 2 N–H and O–H groups in total. The summed E-state index contributed by atoms with van der Waals surface area (Å²) in [6, 6.07) is 5.96. The monoisotopic (exact) mass is 288 g/mol. The summed E-state index contributed by atoms with van der Waals surface area (Å²) in [4.78, 5) is 10.3. The number of halogens is 1. The molecule has 2 heterocycles. The molecule has 1 saturated carbocycles. The van der Waals surface area contributed by atoms with E-state index in [1.54, 1.807) is 6.07 Å². The molecular weight excluding hydrogens is 267 g/mol. The standard InChI is InChI=1S/C16H21FN4/c17-11-4-7-14-15(9-11)20-16(19-14)21-8-2-1-3-13(21)10-18-12-5-6-12/h4,7,9,12-13,18H,1-3,5-6,8,10H2,(H,19,20). The van der Waals surface area contributed by atoms with Crippen molar-refractivity contribution in [3.63, 3.8) is 0 Å². The van der Waals surface area contributed by atoms with E-state index in [9.17, 15) is 4.39 Å². The molecule has 0 spiro atoms. The largest absolute Gasteiger partial charge is 0.338 e. The molecule has 4 nitrogen and oxygen atoms in total. The third-order valence-electron chi connectivity index (χ3n) is 4.55. The van der Waals surface area contributed by atoms with E-state index < -0.39 is 0 Å². The maximum atomic E-state index is 13.3. The molecule has 2 fully saturated rings. The molecule has 1 aromatic carbocycles. The zero-order chi connectivity index (χ0) is 14.2. The number of benzene rings is 1. The molecule has 5 heteroatoms. The fourth-order valence-corrected chi connectivity index (χ4v) is 3.19. The Bertz CT molecular complexity index is 634. The average molecular weight is 288 g/mol. The van der Waals surface area contributed by atoms with Crippen molar-refractivity contribution in [3.8, 4) is 0 Å². The molecule has 112 valence electrons. The number of imidazole rings is 1. The highest BCUT2D eigenvalue weighted by Gasteiger charge is 2.27. The second-order valence-electron chi connectivity index (χ2n) is 6.25. The summed E-state index contributed by atoms with van der Waals surface area (Å²) in [5.74, 6) is 0.668. The third-order valence-corrected chi connectivity index (χ3v) is 4.55. The molecule has 0 bridgehead atoms. The van der Waals surface area contributed by atoms with Gasteiger partial charge in [0, 0.05) is 25.2 Å². The van der Waals surface area contributed by atoms with Crippen LogP contribution in [0.25, 0.3) is 11.0 Å². The number of nitrogens with one attached hydrogen (secondary N) is 2. The second-order valence-corrected chi connectivity index (χ2v) is 6.25. The number of H-pyrrole nitrogens is 1. The Balaban J connectivity index is 1.57. The van der Waals surface area contributed by atoms with Crippen LogP contribution in [0, 0.1) is 5.82 Å². The van der Waals surface area contributed by atoms with Crippen LogP contribution in [0.2, 0.25) is 0 Å². The second kappa shape index (κ2) is 5.30. The molecular formula is C16H21FN4. The minimum atomic E-state index is -0.219. The normalized spacial score (nSPS) is 22.9. The Kier molecular flexibility index (Phi) is 3.30. The lowest BCUT2D eigenvalue weighted by atomic mass is 10.0. The zero-order valence-electron chi connectivity index (χ0n) is 12.1. The first-order chi connectivity index (χ1) is 10.3. The average Bonchev–Trinajstić information content (AvgIpc) is 3.23. The van der Waals surface area contributed by atoms with Gasteiger partial charge in [0.1, 0.15) is 5.82 Å². The Morgan fingerprint density at radius 3 is 3.05 bits per heavy atom. The molecule has 2 aromatic rings. The Morgan fingerprint density at radius 2 is 2.19 bits per heavy atom. The van der Waals surface area contributed by atoms with E-state index in [0.29, 0.717) is 6.04 Å². The highest BCUT2D eigenvalue weighted by molar-refractivity contribution is 5.77. The number of rotatable bonds is 4. The topological polar surface area (TPSA) is 44.0 Å². The highest BCUT2D eigenvalue weighted by atomic mass is 19.1. The van der Waals surface area contributed by atoms with E-state index in [1.807, 2.05) is 0 Å². The van der Waals surface area contributed by atoms with Crippen molar-refractivity contribution >= 4 is 17.0 Å². The van der Waals surface area contributed by atoms with Gasteiger partial charge in [0.2, 0.25) is 5.95 Å². The predicted molar refractivity (Wildman–Crippen MR) is 82.1 cm³/mol. The molecule has 0 radical (unpaired) electrons. The van der Waals surface area contributed by atoms with E-state index >= 15 is 0 Å². The Morgan fingerprint density at radius 1 is 1.29 bits per heavy atom. The van der Waals surface area contributed by atoms with Crippen molar-refractivity contribution in [1.82, 2.24) is 15.3 Å². The van der Waals surface area contributed by atoms with Crippen LogP contribution in [0.1, 0.15) is 32.1 Å². The van der Waals surface area contributed by atoms with Gasteiger partial charge in [-0.25, -0.2) is 9.37 Å². The number of hydrogen-bond donors (Lipinski definition) is 2. The minimum Gasteiger partial charge on any atom is -0.338 e. The fourth-order valence-electron chi connectivity index (χ4n) is 3.19. The van der Waals surface area contributed by atoms with E-state index in [4.69, 9.17) is 0 Å². The minimum absolute atomic E-state index is 0.219. The summed E-state index contributed by atoms with van der Waals surface area (Å²) in [6.45, 7) is 2.05. The van der Waals surface area contributed by atoms with Crippen LogP contribution in [-0.2, 0) is 0 Å². The highest BCUT2D eigenvalue weighted by Crippen LogP contribution is 2.26. The molecule has 1 atom stereocenters. The van der Waals surface area contributed by atoms with Crippen molar-refractivity contribution in [2.24, 2.45) is 0 Å². The van der Waals surface area contributed by atoms with E-state index in [2.05, 4.69) is 20.2 Å². The quantitative estimate of drug-likeness (QED) is 0.909. The summed E-state index contributed by atoms with van der Waals surface area (Å²) in [5, 5.41) is 3.63. The van der Waals surface area contributed by atoms with Gasteiger partial charge in [0.15, 0.2) is 0 Å². The van der Waals surface area contributed by atoms with Crippen LogP contribution < -0.4 is 10.2 Å². The van der Waals surface area contributed by atoms with E-state index in [-0.39, 0.29) is 5.82 Å². The molecule has 4 rings (SSSR count). The molecule has 21 heavy (non-hydrogen) atoms. The van der Waals surface area contributed by atoms with Gasteiger partial charge in [-0.3, -0.25) is 0 Å². The van der Waals surface area contributed by atoms with Gasteiger partial charge in [-0.2, -0.15) is 0 Å². The number of aromatic amines is 1. The molecule has 1 aromatic heterocycles. The Labute approximate surface area is 123 Å². The predicted octanol–water partition coefficient (Wildman–Crippen LogP) is 2.81. The van der Waals surface area contributed by atoms with Crippen LogP contribution in [0.4, 0.5) is 10.3 Å². The van der Waals surface area contributed by atoms with Crippen LogP contribution in [0.5, 0.6) is 0 Å². The molecule has 1 aliphatic heterocycles. The summed E-state index contributed by atoms with van der Waals surface area (Å²) in [5.41, 5.74) is 1.62. The lowest BCUT2D eigenvalue weighted by molar-refractivity contribution is 0.430. The summed E-state index contributed by atoms with van der Waals surface area (Å²) in [7, 11) is 0. The summed E-state index contributed by atoms with van der Waals surface area (Å²) >= 11 is 0. The van der Waals surface area contributed by atoms with Crippen molar-refractivity contribution in [2.75, 3.05) is 18.0 Å². The number of anilines is 1. The van der Waals surface area contributed by atoms with Crippen LogP contribution >= 0.6 is 0 Å². The number of piperidine rings is 1. The molecule has 2 aliphatic rings. The van der Waals surface area contributed by atoms with Crippen molar-refractivity contribution in [3.05, 3.63) is 24.0 Å². The number of aromatic nitrogens is 2. The van der Waals surface area contributed by atoms with Gasteiger partial charge in [-0.05, 0) is 50.3 Å². The van der Waals surface area contributed by atoms with Gasteiger partial charge in [-0.15, -0.1) is 0 Å². The van der Waals surface area contributed by atoms with E-state index in [0.717, 1.165) is 36.1 Å². The fraction of sp³-hybridized carbons (Fsp3) is 0.562. The van der Waals surface area contributed by atoms with Gasteiger partial charge in [0.05, 0.1) is 11.0 Å². The molecule has 0 amide bonds. The number of fused-ring (bicyclic) bond motifs is 1. The molecule has 1 aliphatic carbocycles. The van der Waals surface area contributed by atoms with Gasteiger partial charge < -0.3 is 15.2 Å². The maximum absolute atomic E-state index is 13.3. The maximum Gasteiger partial charge on any atom is 0.204 e. The Hall–Kier alpha value is -1.62. The zero-order valence-corrected chi connectivity index (χ0v) is 12.1. The van der Waals surface area contributed by atoms with Crippen molar-refractivity contribution in [1.29, 1.82) is 0 Å². The molecule has 1 saturated heterocycles. The first-order valence-corrected chi connectivity index (χ1v) is 7.95. The number of nitrogens with zero attached hydrogens (tertiary/aromatic N) is 2. The van der Waals surface area contributed by atoms with Gasteiger partial charge in [-0.1, -0.05) is 0 Å². The van der Waals surface area contributed by atoms with Crippen molar-refractivity contribution < 1.29 is 4.39 Å². The first kappa shape index (κ1) is 13.1. The lowest BCUT2D eigenvalue weighted by Crippen LogP contribution is -2.46. The third kappa shape index (κ3) is 2.75. The lowest BCUT2D eigenvalue weighted by Gasteiger charge is -2.35. The van der Waals surface area contributed by atoms with Crippen LogP contribution in [0.3, 0.4) is 0 Å². The smallest absolute Gasteiger partial charge is 0.204 e. The van der Waals surface area contributed by atoms with E-state index in [1.165, 1.54) is 44.2 Å². The van der Waals surface area contributed by atoms with Gasteiger partial charge in [0.25, 0.3) is 0 Å². The van der Waals surface area contributed by atoms with Crippen LogP contribution in [0.15, 0.2) is 18.2 Å². The molecule has 1 unspecified atom stereocenters. The number of hydrogen-bond acceptors (Lipinski definition) is 3. The SMILES string of the molecule is Fc1ccc2nc(N3CCCCC3CNC3CC3)[nH]c2c1. The van der Waals surface area contributed by atoms with Gasteiger partial charge >= 0.3 is 0 Å².